The van der Waals surface area contributed by atoms with Crippen molar-refractivity contribution in [3.05, 3.63) is 71.8 Å². The lowest BCUT2D eigenvalue weighted by Crippen LogP contribution is -2.17. The zero-order valence-electron chi connectivity index (χ0n) is 17.0. The molecule has 0 aliphatic rings. The average molecular weight is 390 g/mol. The summed E-state index contributed by atoms with van der Waals surface area (Å²) >= 11 is 0. The van der Waals surface area contributed by atoms with Crippen LogP contribution in [0.15, 0.2) is 65.8 Å². The van der Waals surface area contributed by atoms with Gasteiger partial charge in [0.15, 0.2) is 0 Å². The van der Waals surface area contributed by atoms with Crippen LogP contribution in [0.1, 0.15) is 43.1 Å². The third-order valence-corrected chi connectivity index (χ3v) is 4.24. The largest absolute Gasteiger partial charge is 0.494 e. The molecule has 0 bridgehead atoms. The number of hydrazone groups is 1. The van der Waals surface area contributed by atoms with Crippen molar-refractivity contribution in [3.8, 4) is 11.5 Å². The summed E-state index contributed by atoms with van der Waals surface area (Å²) in [5.74, 6) is 1.20. The van der Waals surface area contributed by atoms with Gasteiger partial charge in [0.25, 0.3) is 5.91 Å². The van der Waals surface area contributed by atoms with Crippen LogP contribution in [0.2, 0.25) is 0 Å². The summed E-state index contributed by atoms with van der Waals surface area (Å²) in [6, 6.07) is 19.0. The second kappa shape index (κ2) is 9.73. The fraction of sp³-hybridized carbons (Fsp3) is 0.250. The summed E-state index contributed by atoms with van der Waals surface area (Å²) in [4.78, 5) is 12.4. The molecule has 0 saturated carbocycles. The number of rotatable bonds is 8. The topological polar surface area (TPSA) is 59.9 Å². The van der Waals surface area contributed by atoms with E-state index >= 15 is 0 Å². The lowest BCUT2D eigenvalue weighted by atomic mass is 10.0. The quantitative estimate of drug-likeness (QED) is 0.426. The molecule has 3 aromatic rings. The summed E-state index contributed by atoms with van der Waals surface area (Å²) in [5, 5.41) is 6.27. The predicted molar refractivity (Wildman–Crippen MR) is 117 cm³/mol. The molecular weight excluding hydrogens is 364 g/mol. The molecular formula is C24H26N2O3. The average Bonchev–Trinajstić information content (AvgIpc) is 2.73. The molecule has 150 valence electrons. The number of benzene rings is 3. The molecule has 0 spiro atoms. The molecule has 0 heterocycles. The van der Waals surface area contributed by atoms with Crippen molar-refractivity contribution < 1.29 is 14.3 Å². The smallest absolute Gasteiger partial charge is 0.271 e. The molecule has 0 aliphatic carbocycles. The zero-order chi connectivity index (χ0) is 20.6. The van der Waals surface area contributed by atoms with Gasteiger partial charge >= 0.3 is 0 Å². The normalized spacial score (nSPS) is 11.2. The third kappa shape index (κ3) is 5.35. The summed E-state index contributed by atoms with van der Waals surface area (Å²) in [6.45, 7) is 6.66. The molecule has 0 atom stereocenters. The number of carbonyl (C=O) groups excluding carboxylic acids is 1. The fourth-order valence-corrected chi connectivity index (χ4v) is 2.91. The van der Waals surface area contributed by atoms with Crippen molar-refractivity contribution in [2.45, 2.75) is 33.3 Å². The van der Waals surface area contributed by atoms with Crippen molar-refractivity contribution >= 4 is 22.9 Å². The van der Waals surface area contributed by atoms with Gasteiger partial charge in [0, 0.05) is 11.1 Å². The molecule has 3 rings (SSSR count). The van der Waals surface area contributed by atoms with Crippen molar-refractivity contribution in [2.24, 2.45) is 5.10 Å². The van der Waals surface area contributed by atoms with Crippen LogP contribution in [-0.2, 0) is 0 Å². The first-order valence-corrected chi connectivity index (χ1v) is 9.83. The standard InChI is InChI=1S/C24H26N2O3/c1-4-15-28-20-12-9-19(10-13-20)24(27)26-25-16-22-21-8-6-5-7-18(21)11-14-23(22)29-17(2)3/h5-14,16-17H,4,15H2,1-3H3,(H,26,27)/b25-16+. The Hall–Kier alpha value is -3.34. The van der Waals surface area contributed by atoms with Gasteiger partial charge in [0.05, 0.1) is 18.9 Å². The number of fused-ring (bicyclic) bond motifs is 1. The van der Waals surface area contributed by atoms with Crippen LogP contribution in [0.25, 0.3) is 10.8 Å². The Morgan fingerprint density at radius 1 is 1.07 bits per heavy atom. The second-order valence-electron chi connectivity index (χ2n) is 6.94. The molecule has 1 amide bonds. The van der Waals surface area contributed by atoms with E-state index in [2.05, 4.69) is 10.5 Å². The van der Waals surface area contributed by atoms with E-state index < -0.39 is 0 Å². The first-order chi connectivity index (χ1) is 14.1. The Morgan fingerprint density at radius 2 is 1.83 bits per heavy atom. The first kappa shape index (κ1) is 20.4. The van der Waals surface area contributed by atoms with E-state index in [-0.39, 0.29) is 12.0 Å². The number of carbonyl (C=O) groups is 1. The van der Waals surface area contributed by atoms with Crippen LogP contribution in [0.4, 0.5) is 0 Å². The Labute approximate surface area is 171 Å². The molecule has 5 nitrogen and oxygen atoms in total. The molecule has 0 aliphatic heterocycles. The highest BCUT2D eigenvalue weighted by Crippen LogP contribution is 2.27. The van der Waals surface area contributed by atoms with E-state index in [9.17, 15) is 4.79 Å². The summed E-state index contributed by atoms with van der Waals surface area (Å²) in [7, 11) is 0. The van der Waals surface area contributed by atoms with Gasteiger partial charge in [-0.25, -0.2) is 5.43 Å². The summed E-state index contributed by atoms with van der Waals surface area (Å²) < 4.78 is 11.5. The van der Waals surface area contributed by atoms with Gasteiger partial charge < -0.3 is 9.47 Å². The number of hydrogen-bond donors (Lipinski definition) is 1. The minimum absolute atomic E-state index is 0.0337. The van der Waals surface area contributed by atoms with Crippen molar-refractivity contribution in [1.29, 1.82) is 0 Å². The minimum Gasteiger partial charge on any atom is -0.494 e. The van der Waals surface area contributed by atoms with E-state index in [1.54, 1.807) is 30.5 Å². The molecule has 5 heteroatoms. The van der Waals surface area contributed by atoms with Gasteiger partial charge in [0.1, 0.15) is 11.5 Å². The Balaban J connectivity index is 1.77. The SMILES string of the molecule is CCCOc1ccc(C(=O)N/N=C/c2c(OC(C)C)ccc3ccccc23)cc1. The van der Waals surface area contributed by atoms with Gasteiger partial charge in [-0.15, -0.1) is 0 Å². The van der Waals surface area contributed by atoms with Gasteiger partial charge in [-0.1, -0.05) is 37.3 Å². The Bertz CT molecular complexity index is 995. The molecule has 3 aromatic carbocycles. The number of amides is 1. The fourth-order valence-electron chi connectivity index (χ4n) is 2.91. The van der Waals surface area contributed by atoms with Crippen LogP contribution in [0, 0.1) is 0 Å². The zero-order valence-corrected chi connectivity index (χ0v) is 17.0. The van der Waals surface area contributed by atoms with Crippen LogP contribution in [-0.4, -0.2) is 24.8 Å². The van der Waals surface area contributed by atoms with E-state index in [4.69, 9.17) is 9.47 Å². The minimum atomic E-state index is -0.283. The Kier molecular flexibility index (Phi) is 6.85. The lowest BCUT2D eigenvalue weighted by molar-refractivity contribution is 0.0955. The van der Waals surface area contributed by atoms with Gasteiger partial charge in [-0.2, -0.15) is 5.10 Å². The number of nitrogens with one attached hydrogen (secondary N) is 1. The molecule has 0 fully saturated rings. The van der Waals surface area contributed by atoms with E-state index in [1.807, 2.05) is 57.2 Å². The molecule has 1 N–H and O–H groups in total. The predicted octanol–water partition coefficient (Wildman–Crippen LogP) is 5.18. The highest BCUT2D eigenvalue weighted by molar-refractivity contribution is 6.03. The molecule has 0 aromatic heterocycles. The van der Waals surface area contributed by atoms with Gasteiger partial charge in [0.2, 0.25) is 0 Å². The molecule has 0 radical (unpaired) electrons. The third-order valence-electron chi connectivity index (χ3n) is 4.24. The number of hydrogen-bond acceptors (Lipinski definition) is 4. The van der Waals surface area contributed by atoms with Crippen molar-refractivity contribution in [2.75, 3.05) is 6.61 Å². The molecule has 0 unspecified atom stereocenters. The van der Waals surface area contributed by atoms with Crippen molar-refractivity contribution in [1.82, 2.24) is 5.43 Å². The first-order valence-electron chi connectivity index (χ1n) is 9.83. The Morgan fingerprint density at radius 3 is 2.55 bits per heavy atom. The van der Waals surface area contributed by atoms with E-state index in [0.717, 1.165) is 34.3 Å². The van der Waals surface area contributed by atoms with Crippen LogP contribution >= 0.6 is 0 Å². The summed E-state index contributed by atoms with van der Waals surface area (Å²) in [5.41, 5.74) is 3.94. The lowest BCUT2D eigenvalue weighted by Gasteiger charge is -2.14. The second-order valence-corrected chi connectivity index (χ2v) is 6.94. The van der Waals surface area contributed by atoms with E-state index in [1.165, 1.54) is 0 Å². The monoisotopic (exact) mass is 390 g/mol. The van der Waals surface area contributed by atoms with Crippen LogP contribution in [0.5, 0.6) is 11.5 Å². The van der Waals surface area contributed by atoms with Crippen molar-refractivity contribution in [3.63, 3.8) is 0 Å². The number of ether oxygens (including phenoxy) is 2. The maximum Gasteiger partial charge on any atom is 0.271 e. The van der Waals surface area contributed by atoms with Gasteiger partial charge in [-0.05, 0) is 61.4 Å². The van der Waals surface area contributed by atoms with Gasteiger partial charge in [-0.3, -0.25) is 4.79 Å². The highest BCUT2D eigenvalue weighted by Gasteiger charge is 2.09. The summed E-state index contributed by atoms with van der Waals surface area (Å²) in [6.07, 6.45) is 2.61. The van der Waals surface area contributed by atoms with Crippen LogP contribution < -0.4 is 14.9 Å². The number of nitrogens with zero attached hydrogens (tertiary/aromatic N) is 1. The van der Waals surface area contributed by atoms with E-state index in [0.29, 0.717) is 12.2 Å². The van der Waals surface area contributed by atoms with Crippen LogP contribution in [0.3, 0.4) is 0 Å². The highest BCUT2D eigenvalue weighted by atomic mass is 16.5. The molecule has 0 saturated heterocycles. The maximum atomic E-state index is 12.4. The molecule has 29 heavy (non-hydrogen) atoms. The maximum absolute atomic E-state index is 12.4.